The molecular weight excluding hydrogens is 216 g/mol. The molecule has 0 N–H and O–H groups in total. The third kappa shape index (κ3) is 6.46. The fraction of sp³-hybridized carbons (Fsp3) is 0.846. The summed E-state index contributed by atoms with van der Waals surface area (Å²) < 4.78 is 11.2. The summed E-state index contributed by atoms with van der Waals surface area (Å²) in [6.45, 7) is 4.28. The van der Waals surface area contributed by atoms with Crippen molar-refractivity contribution < 1.29 is 8.85 Å². The van der Waals surface area contributed by atoms with E-state index in [-0.39, 0.29) is 0 Å². The van der Waals surface area contributed by atoms with Crippen molar-refractivity contribution in [1.29, 1.82) is 0 Å². The average molecular weight is 244 g/mol. The molecule has 16 heavy (non-hydrogen) atoms. The Labute approximate surface area is 102 Å². The maximum absolute atomic E-state index is 5.59. The van der Waals surface area contributed by atoms with Crippen LogP contribution < -0.4 is 0 Å². The van der Waals surface area contributed by atoms with Crippen LogP contribution >= 0.6 is 0 Å². The number of unbranched alkanes of at least 4 members (excludes halogenated alkanes) is 5. The first-order valence-corrected chi connectivity index (χ1v) is 8.59. The van der Waals surface area contributed by atoms with E-state index in [9.17, 15) is 0 Å². The molecule has 0 aromatic heterocycles. The summed E-state index contributed by atoms with van der Waals surface area (Å²) in [5.41, 5.74) is 2.14. The molecule has 0 rings (SSSR count). The van der Waals surface area contributed by atoms with Gasteiger partial charge in [-0.3, -0.25) is 0 Å². The van der Waals surface area contributed by atoms with Crippen molar-refractivity contribution in [3.8, 4) is 0 Å². The minimum absolute atomic E-state index is 1.08. The van der Waals surface area contributed by atoms with Crippen LogP contribution in [0.1, 0.15) is 52.4 Å². The van der Waals surface area contributed by atoms with E-state index in [0.717, 1.165) is 6.04 Å². The van der Waals surface area contributed by atoms with Gasteiger partial charge >= 0.3 is 8.56 Å². The van der Waals surface area contributed by atoms with Gasteiger partial charge in [0.1, 0.15) is 0 Å². The highest BCUT2D eigenvalue weighted by Gasteiger charge is 2.31. The first-order valence-electron chi connectivity index (χ1n) is 6.48. The number of hydrogen-bond acceptors (Lipinski definition) is 2. The molecule has 0 unspecified atom stereocenters. The molecule has 96 valence electrons. The van der Waals surface area contributed by atoms with Crippen molar-refractivity contribution in [3.63, 3.8) is 0 Å². The highest BCUT2D eigenvalue weighted by atomic mass is 28.4. The summed E-state index contributed by atoms with van der Waals surface area (Å²) in [5.74, 6) is 0. The zero-order valence-corrected chi connectivity index (χ0v) is 12.4. The largest absolute Gasteiger partial charge is 0.395 e. The number of hydrogen-bond donors (Lipinski definition) is 0. The van der Waals surface area contributed by atoms with Gasteiger partial charge in [0.2, 0.25) is 0 Å². The first-order chi connectivity index (χ1) is 7.74. The molecule has 0 bridgehead atoms. The normalized spacial score (nSPS) is 12.5. The summed E-state index contributed by atoms with van der Waals surface area (Å²) in [5, 5.41) is 0. The quantitative estimate of drug-likeness (QED) is 0.423. The smallest absolute Gasteiger partial charge is 0.364 e. The van der Waals surface area contributed by atoms with Crippen LogP contribution in [0.5, 0.6) is 0 Å². The van der Waals surface area contributed by atoms with E-state index >= 15 is 0 Å². The van der Waals surface area contributed by atoms with E-state index in [1.165, 1.54) is 38.5 Å². The third-order valence-electron chi connectivity index (χ3n) is 2.99. The molecule has 0 heterocycles. The predicted molar refractivity (Wildman–Crippen MR) is 72.8 cm³/mol. The van der Waals surface area contributed by atoms with Crippen LogP contribution in [0.15, 0.2) is 11.8 Å². The molecule has 0 aliphatic carbocycles. The van der Waals surface area contributed by atoms with Gasteiger partial charge in [0.25, 0.3) is 0 Å². The van der Waals surface area contributed by atoms with Gasteiger partial charge in [0.15, 0.2) is 0 Å². The van der Waals surface area contributed by atoms with Crippen LogP contribution in [-0.2, 0) is 8.85 Å². The van der Waals surface area contributed by atoms with Crippen molar-refractivity contribution in [1.82, 2.24) is 0 Å². The Morgan fingerprint density at radius 1 is 0.938 bits per heavy atom. The molecule has 0 spiro atoms. The molecule has 0 aromatic rings. The second kappa shape index (κ2) is 10.1. The summed E-state index contributed by atoms with van der Waals surface area (Å²) in [4.78, 5) is 0. The average Bonchev–Trinajstić information content (AvgIpc) is 2.32. The summed E-state index contributed by atoms with van der Waals surface area (Å²) >= 11 is 0. The molecular formula is C13H28O2Si. The number of allylic oxidation sites excluding steroid dienone is 1. The van der Waals surface area contributed by atoms with Crippen LogP contribution in [0.2, 0.25) is 6.04 Å². The zero-order chi connectivity index (χ0) is 12.3. The van der Waals surface area contributed by atoms with Gasteiger partial charge < -0.3 is 8.85 Å². The molecule has 0 radical (unpaired) electrons. The molecule has 0 aromatic carbocycles. The SMILES string of the molecule is CC=C[Si](CCCCCCCC)(OC)OC. The number of rotatable bonds is 10. The lowest BCUT2D eigenvalue weighted by molar-refractivity contribution is 0.254. The van der Waals surface area contributed by atoms with E-state index in [1.807, 2.05) is 6.92 Å². The van der Waals surface area contributed by atoms with Gasteiger partial charge in [-0.15, -0.1) is 0 Å². The fourth-order valence-corrected chi connectivity index (χ4v) is 4.18. The van der Waals surface area contributed by atoms with E-state index in [4.69, 9.17) is 8.85 Å². The molecule has 0 saturated heterocycles. The minimum Gasteiger partial charge on any atom is -0.395 e. The lowest BCUT2D eigenvalue weighted by Crippen LogP contribution is -2.37. The van der Waals surface area contributed by atoms with E-state index < -0.39 is 8.56 Å². The zero-order valence-electron chi connectivity index (χ0n) is 11.4. The van der Waals surface area contributed by atoms with Crippen LogP contribution in [0.4, 0.5) is 0 Å². The topological polar surface area (TPSA) is 18.5 Å². The molecule has 0 saturated carbocycles. The lowest BCUT2D eigenvalue weighted by Gasteiger charge is -2.23. The van der Waals surface area contributed by atoms with E-state index in [0.29, 0.717) is 0 Å². The van der Waals surface area contributed by atoms with Crippen LogP contribution in [0.25, 0.3) is 0 Å². The van der Waals surface area contributed by atoms with E-state index in [1.54, 1.807) is 14.2 Å². The Kier molecular flexibility index (Phi) is 9.98. The maximum atomic E-state index is 5.59. The van der Waals surface area contributed by atoms with Gasteiger partial charge in [-0.25, -0.2) is 0 Å². The Morgan fingerprint density at radius 3 is 2.00 bits per heavy atom. The van der Waals surface area contributed by atoms with Crippen molar-refractivity contribution in [3.05, 3.63) is 11.8 Å². The minimum atomic E-state index is -1.99. The fourth-order valence-electron chi connectivity index (χ4n) is 1.91. The van der Waals surface area contributed by atoms with Gasteiger partial charge in [-0.2, -0.15) is 0 Å². The predicted octanol–water partition coefficient (Wildman–Crippen LogP) is 4.20. The second-order valence-electron chi connectivity index (χ2n) is 4.24. The summed E-state index contributed by atoms with van der Waals surface area (Å²) in [7, 11) is 1.55. The van der Waals surface area contributed by atoms with Crippen molar-refractivity contribution in [2.45, 2.75) is 58.4 Å². The van der Waals surface area contributed by atoms with Crippen LogP contribution in [-0.4, -0.2) is 22.8 Å². The second-order valence-corrected chi connectivity index (χ2v) is 7.51. The van der Waals surface area contributed by atoms with Gasteiger partial charge in [0, 0.05) is 14.2 Å². The van der Waals surface area contributed by atoms with Crippen molar-refractivity contribution >= 4 is 8.56 Å². The molecule has 0 amide bonds. The van der Waals surface area contributed by atoms with Crippen LogP contribution in [0, 0.1) is 0 Å². The standard InChI is InChI=1S/C13H28O2Si/c1-5-7-8-9-10-11-13-16(14-3,15-4)12-6-2/h6,12H,5,7-11,13H2,1-4H3. The summed E-state index contributed by atoms with van der Waals surface area (Å²) in [6, 6.07) is 1.08. The third-order valence-corrected chi connectivity index (χ3v) is 6.26. The van der Waals surface area contributed by atoms with E-state index in [2.05, 4.69) is 18.7 Å². The summed E-state index contributed by atoms with van der Waals surface area (Å²) in [6.07, 6.45) is 9.98. The Bertz CT molecular complexity index is 177. The molecule has 0 aliphatic rings. The highest BCUT2D eigenvalue weighted by Crippen LogP contribution is 2.19. The van der Waals surface area contributed by atoms with Crippen LogP contribution in [0.3, 0.4) is 0 Å². The molecule has 3 heteroatoms. The lowest BCUT2D eigenvalue weighted by atomic mass is 10.1. The maximum Gasteiger partial charge on any atom is 0.364 e. The molecule has 0 fully saturated rings. The molecule has 0 aliphatic heterocycles. The van der Waals surface area contributed by atoms with Gasteiger partial charge in [0.05, 0.1) is 0 Å². The molecule has 2 nitrogen and oxygen atoms in total. The van der Waals surface area contributed by atoms with Crippen molar-refractivity contribution in [2.75, 3.05) is 14.2 Å². The monoisotopic (exact) mass is 244 g/mol. The molecule has 0 atom stereocenters. The Hall–Kier alpha value is -0.123. The van der Waals surface area contributed by atoms with Gasteiger partial charge in [-0.05, 0) is 18.7 Å². The van der Waals surface area contributed by atoms with Crippen molar-refractivity contribution in [2.24, 2.45) is 0 Å². The highest BCUT2D eigenvalue weighted by molar-refractivity contribution is 6.72. The Morgan fingerprint density at radius 2 is 1.50 bits per heavy atom. The first kappa shape index (κ1) is 15.9. The Balaban J connectivity index is 3.76. The van der Waals surface area contributed by atoms with Gasteiger partial charge in [-0.1, -0.05) is 51.5 Å².